The van der Waals surface area contributed by atoms with E-state index in [-0.39, 0.29) is 32.0 Å². The SMILES string of the molecule is CC/C=C\C/C=C\C/C=C\C/C=C\C/C=C\C/C=C\C/C=C\C/C=C\C/C=C\C/C=C\C/C=C\CCCCCCCCCC(=O)OC(COC(=O)CCCCCCCCCCCCCCCCCCCCCCCCCCC/C=C\C/C=C\CCCCCCC)COP(=O)([O-])OCC[N+](C)(C)C. The van der Waals surface area contributed by atoms with Crippen molar-refractivity contribution in [3.05, 3.63) is 158 Å². The van der Waals surface area contributed by atoms with Crippen molar-refractivity contribution in [2.75, 3.05) is 47.5 Å². The maximum Gasteiger partial charge on any atom is 0.306 e. The Kier molecular flexibility index (Phi) is 77.3. The van der Waals surface area contributed by atoms with Gasteiger partial charge in [-0.25, -0.2) is 0 Å². The van der Waals surface area contributed by atoms with Crippen molar-refractivity contribution < 1.29 is 42.1 Å². The van der Waals surface area contributed by atoms with Crippen molar-refractivity contribution in [2.45, 2.75) is 367 Å². The molecule has 0 aromatic carbocycles. The quantitative estimate of drug-likeness (QED) is 0.0195. The predicted molar refractivity (Wildman–Crippen MR) is 443 cm³/mol. The standard InChI is InChI=1S/C92H158NO8P/c1-6-8-10-12-14-16-18-20-22-24-26-28-30-32-34-36-38-40-42-44-45-46-47-49-51-53-55-57-59-61-63-65-67-69-71-73-75-77-79-81-83-85-92(95)101-90(89-100-102(96,97)99-87-86-93(3,4)5)88-98-91(94)84-82-80-78-76-74-72-70-68-66-64-62-60-58-56-54-52-50-48-43-41-39-37-35-33-31-29-27-25-23-21-19-17-15-13-11-9-7-2/h8,10,14,16,19-22,25-28,32,34,38,40,44-45,47,49,53,55,59,61,65,67,90H,6-7,9,11-13,15,17-18,23-24,29-31,33,35-37,39,41-43,46,48,50-52,54,56-58,60,62-64,66,68-89H2,1-5H3/b10-8-,16-14-,21-19-,22-20-,27-25-,28-26-,34-32-,40-38-,45-44-,49-47-,55-53-,61-59-,67-65-. The van der Waals surface area contributed by atoms with Crippen molar-refractivity contribution in [3.8, 4) is 0 Å². The first-order valence-electron chi connectivity index (χ1n) is 42.2. The Morgan fingerprint density at radius 2 is 0.559 bits per heavy atom. The summed E-state index contributed by atoms with van der Waals surface area (Å²) in [5, 5.41) is 0. The lowest BCUT2D eigenvalue weighted by Gasteiger charge is -2.28. The molecular weight excluding hydrogens is 1280 g/mol. The second-order valence-electron chi connectivity index (χ2n) is 29.1. The molecule has 0 bridgehead atoms. The van der Waals surface area contributed by atoms with Gasteiger partial charge in [0.05, 0.1) is 27.7 Å². The summed E-state index contributed by atoms with van der Waals surface area (Å²) >= 11 is 0. The normalized spacial score (nSPS) is 13.8. The van der Waals surface area contributed by atoms with Gasteiger partial charge in [0.2, 0.25) is 0 Å². The van der Waals surface area contributed by atoms with Crippen LogP contribution in [-0.2, 0) is 32.7 Å². The zero-order valence-corrected chi connectivity index (χ0v) is 67.7. The maximum absolute atomic E-state index is 12.9. The molecule has 584 valence electrons. The summed E-state index contributed by atoms with van der Waals surface area (Å²) < 4.78 is 34.4. The molecule has 0 saturated carbocycles. The van der Waals surface area contributed by atoms with E-state index in [1.165, 1.54) is 199 Å². The number of rotatable bonds is 77. The first kappa shape index (κ1) is 97.6. The van der Waals surface area contributed by atoms with Gasteiger partial charge in [-0.15, -0.1) is 0 Å². The molecule has 0 saturated heterocycles. The van der Waals surface area contributed by atoms with Gasteiger partial charge in [-0.1, -0.05) is 377 Å². The molecule has 0 radical (unpaired) electrons. The van der Waals surface area contributed by atoms with Gasteiger partial charge in [-0.2, -0.15) is 0 Å². The molecule has 0 spiro atoms. The number of esters is 2. The van der Waals surface area contributed by atoms with Crippen LogP contribution in [0.5, 0.6) is 0 Å². The Bertz CT molecular complexity index is 2290. The fourth-order valence-electron chi connectivity index (χ4n) is 11.6. The Morgan fingerprint density at radius 1 is 0.314 bits per heavy atom. The molecular formula is C92H158NO8P. The van der Waals surface area contributed by atoms with Gasteiger partial charge in [0.15, 0.2) is 6.10 Å². The highest BCUT2D eigenvalue weighted by molar-refractivity contribution is 7.45. The van der Waals surface area contributed by atoms with E-state index in [0.29, 0.717) is 17.4 Å². The number of carbonyl (C=O) groups is 2. The minimum atomic E-state index is -4.66. The smallest absolute Gasteiger partial charge is 0.306 e. The topological polar surface area (TPSA) is 111 Å². The molecule has 0 rings (SSSR count). The Labute approximate surface area is 630 Å². The number of nitrogens with zero attached hydrogens (tertiary/aromatic N) is 1. The third-order valence-corrected chi connectivity index (χ3v) is 19.0. The number of quaternary nitrogens is 1. The molecule has 9 nitrogen and oxygen atoms in total. The summed E-state index contributed by atoms with van der Waals surface area (Å²) in [5.74, 6) is -0.841. The average Bonchev–Trinajstić information content (AvgIpc) is 0.916. The van der Waals surface area contributed by atoms with Crippen LogP contribution in [0.25, 0.3) is 0 Å². The van der Waals surface area contributed by atoms with E-state index in [0.717, 1.165) is 128 Å². The molecule has 0 aliphatic carbocycles. The average molecular weight is 1440 g/mol. The van der Waals surface area contributed by atoms with Crippen molar-refractivity contribution in [1.29, 1.82) is 0 Å². The van der Waals surface area contributed by atoms with Gasteiger partial charge in [0, 0.05) is 12.8 Å². The molecule has 0 N–H and O–H groups in total. The summed E-state index contributed by atoms with van der Waals surface area (Å²) in [6, 6.07) is 0. The summed E-state index contributed by atoms with van der Waals surface area (Å²) in [6.45, 7) is 4.13. The summed E-state index contributed by atoms with van der Waals surface area (Å²) in [4.78, 5) is 38.2. The highest BCUT2D eigenvalue weighted by Gasteiger charge is 2.22. The molecule has 2 atom stereocenters. The fourth-order valence-corrected chi connectivity index (χ4v) is 12.4. The van der Waals surface area contributed by atoms with Gasteiger partial charge in [0.25, 0.3) is 7.82 Å². The van der Waals surface area contributed by atoms with Crippen LogP contribution in [0.15, 0.2) is 158 Å². The molecule has 0 aliphatic heterocycles. The third kappa shape index (κ3) is 84.6. The number of hydrogen-bond donors (Lipinski definition) is 0. The van der Waals surface area contributed by atoms with Gasteiger partial charge >= 0.3 is 11.9 Å². The van der Waals surface area contributed by atoms with Crippen LogP contribution in [-0.4, -0.2) is 70.0 Å². The molecule has 0 heterocycles. The van der Waals surface area contributed by atoms with Crippen LogP contribution < -0.4 is 4.89 Å². The van der Waals surface area contributed by atoms with E-state index in [1.54, 1.807) is 0 Å². The number of hydrogen-bond acceptors (Lipinski definition) is 8. The second kappa shape index (κ2) is 80.7. The van der Waals surface area contributed by atoms with E-state index >= 15 is 0 Å². The highest BCUT2D eigenvalue weighted by Crippen LogP contribution is 2.38. The first-order valence-corrected chi connectivity index (χ1v) is 43.7. The Morgan fingerprint density at radius 3 is 0.833 bits per heavy atom. The van der Waals surface area contributed by atoms with Crippen molar-refractivity contribution in [2.24, 2.45) is 0 Å². The second-order valence-corrected chi connectivity index (χ2v) is 30.5. The zero-order valence-electron chi connectivity index (χ0n) is 66.8. The van der Waals surface area contributed by atoms with Crippen LogP contribution >= 0.6 is 7.82 Å². The van der Waals surface area contributed by atoms with Gasteiger partial charge < -0.3 is 27.9 Å². The molecule has 10 heteroatoms. The summed E-state index contributed by atoms with van der Waals surface area (Å²) in [7, 11) is 1.15. The first-order chi connectivity index (χ1) is 50.0. The van der Waals surface area contributed by atoms with E-state index in [2.05, 4.69) is 172 Å². The Balaban J connectivity index is 4.02. The van der Waals surface area contributed by atoms with Crippen molar-refractivity contribution in [3.63, 3.8) is 0 Å². The van der Waals surface area contributed by atoms with E-state index in [9.17, 15) is 19.0 Å². The molecule has 0 amide bonds. The molecule has 0 aromatic heterocycles. The predicted octanol–water partition coefficient (Wildman–Crippen LogP) is 28.0. The van der Waals surface area contributed by atoms with Crippen LogP contribution in [0.2, 0.25) is 0 Å². The minimum Gasteiger partial charge on any atom is -0.756 e. The van der Waals surface area contributed by atoms with Gasteiger partial charge in [-0.05, 0) is 128 Å². The molecule has 0 aromatic rings. The number of ether oxygens (including phenoxy) is 2. The highest BCUT2D eigenvalue weighted by atomic mass is 31.2. The molecule has 102 heavy (non-hydrogen) atoms. The van der Waals surface area contributed by atoms with E-state index in [4.69, 9.17) is 18.5 Å². The van der Waals surface area contributed by atoms with Crippen LogP contribution in [0.1, 0.15) is 361 Å². The minimum absolute atomic E-state index is 0.0387. The van der Waals surface area contributed by atoms with Crippen molar-refractivity contribution in [1.82, 2.24) is 0 Å². The molecule has 0 aliphatic rings. The van der Waals surface area contributed by atoms with Crippen LogP contribution in [0.4, 0.5) is 0 Å². The van der Waals surface area contributed by atoms with Gasteiger partial charge in [0.1, 0.15) is 19.8 Å². The largest absolute Gasteiger partial charge is 0.756 e. The maximum atomic E-state index is 12.9. The zero-order chi connectivity index (χ0) is 74.0. The lowest BCUT2D eigenvalue weighted by Crippen LogP contribution is -2.37. The number of allylic oxidation sites excluding steroid dienone is 26. The third-order valence-electron chi connectivity index (χ3n) is 18.0. The lowest BCUT2D eigenvalue weighted by molar-refractivity contribution is -0.870. The van der Waals surface area contributed by atoms with Crippen LogP contribution in [0, 0.1) is 0 Å². The van der Waals surface area contributed by atoms with E-state index < -0.39 is 26.5 Å². The fraction of sp³-hybridized carbons (Fsp3) is 0.696. The summed E-state index contributed by atoms with van der Waals surface area (Å²) in [5.41, 5.74) is 0. The molecule has 0 fully saturated rings. The summed E-state index contributed by atoms with van der Waals surface area (Å²) in [6.07, 6.45) is 121. The number of likely N-dealkylation sites (N-methyl/N-ethyl adjacent to an activating group) is 1. The van der Waals surface area contributed by atoms with Crippen molar-refractivity contribution >= 4 is 19.8 Å². The number of phosphoric acid groups is 1. The molecule has 2 unspecified atom stereocenters. The number of phosphoric ester groups is 1. The number of unbranched alkanes of at least 4 members (excludes halogenated alkanes) is 37. The van der Waals surface area contributed by atoms with Crippen LogP contribution in [0.3, 0.4) is 0 Å². The lowest BCUT2D eigenvalue weighted by atomic mass is 10.0. The van der Waals surface area contributed by atoms with Gasteiger partial charge in [-0.3, -0.25) is 14.2 Å². The monoisotopic (exact) mass is 1440 g/mol. The number of carbonyl (C=O) groups excluding carboxylic acids is 2. The van der Waals surface area contributed by atoms with E-state index in [1.807, 2.05) is 21.1 Å². The Hall–Kier alpha value is -4.37.